The third kappa shape index (κ3) is 4.27. The van der Waals surface area contributed by atoms with E-state index in [4.69, 9.17) is 14.5 Å². The Kier molecular flexibility index (Phi) is 5.94. The van der Waals surface area contributed by atoms with Crippen molar-refractivity contribution in [2.75, 3.05) is 7.11 Å². The molecule has 5 rings (SSSR count). The average molecular weight is 439 g/mol. The van der Waals surface area contributed by atoms with Crippen LogP contribution in [0.1, 0.15) is 36.9 Å². The van der Waals surface area contributed by atoms with Crippen LogP contribution in [0.4, 0.5) is 0 Å². The summed E-state index contributed by atoms with van der Waals surface area (Å²) in [6, 6.07) is 21.1. The molecule has 1 fully saturated rings. The second-order valence-corrected chi connectivity index (χ2v) is 8.21. The number of fused-ring (bicyclic) bond motifs is 1. The third-order valence-corrected chi connectivity index (χ3v) is 6.06. The number of methoxy groups -OCH3 is 1. The molecular weight excluding hydrogens is 412 g/mol. The van der Waals surface area contributed by atoms with Crippen LogP contribution in [-0.4, -0.2) is 22.6 Å². The van der Waals surface area contributed by atoms with E-state index in [1.807, 2.05) is 78.9 Å². The second kappa shape index (κ2) is 9.33. The third-order valence-electron chi connectivity index (χ3n) is 6.06. The van der Waals surface area contributed by atoms with Crippen LogP contribution in [0.5, 0.6) is 11.5 Å². The van der Waals surface area contributed by atoms with E-state index in [-0.39, 0.29) is 11.7 Å². The first-order chi connectivity index (χ1) is 16.2. The minimum Gasteiger partial charge on any atom is -0.493 e. The molecule has 0 unspecified atom stereocenters. The molecule has 0 amide bonds. The SMILES string of the molecule is COc1cccc(/C=C/c2nc3ccccn3c(=O)c2-c2ccccc2)c1OC1CCCC1. The fourth-order valence-corrected chi connectivity index (χ4v) is 4.40. The van der Waals surface area contributed by atoms with Gasteiger partial charge in [-0.3, -0.25) is 9.20 Å². The van der Waals surface area contributed by atoms with E-state index in [1.165, 1.54) is 12.8 Å². The zero-order chi connectivity index (χ0) is 22.6. The van der Waals surface area contributed by atoms with Gasteiger partial charge in [-0.2, -0.15) is 0 Å². The molecular formula is C28H26N2O3. The van der Waals surface area contributed by atoms with Crippen LogP contribution < -0.4 is 15.0 Å². The number of hydrogen-bond donors (Lipinski definition) is 0. The van der Waals surface area contributed by atoms with E-state index in [0.29, 0.717) is 22.7 Å². The highest BCUT2D eigenvalue weighted by Crippen LogP contribution is 2.36. The van der Waals surface area contributed by atoms with Gasteiger partial charge in [-0.25, -0.2) is 4.98 Å². The number of benzene rings is 2. The Bertz CT molecular complexity index is 1350. The molecule has 5 nitrogen and oxygen atoms in total. The second-order valence-electron chi connectivity index (χ2n) is 8.21. The molecule has 1 saturated carbocycles. The van der Waals surface area contributed by atoms with Gasteiger partial charge >= 0.3 is 0 Å². The van der Waals surface area contributed by atoms with Gasteiger partial charge in [0, 0.05) is 11.8 Å². The van der Waals surface area contributed by atoms with Crippen molar-refractivity contribution in [2.45, 2.75) is 31.8 Å². The molecule has 0 spiro atoms. The summed E-state index contributed by atoms with van der Waals surface area (Å²) < 4.78 is 13.5. The van der Waals surface area contributed by atoms with E-state index in [0.717, 1.165) is 29.7 Å². The lowest BCUT2D eigenvalue weighted by Crippen LogP contribution is -2.18. The average Bonchev–Trinajstić information content (AvgIpc) is 3.37. The van der Waals surface area contributed by atoms with Crippen molar-refractivity contribution in [1.29, 1.82) is 0 Å². The molecule has 166 valence electrons. The fraction of sp³-hybridized carbons (Fsp3) is 0.214. The smallest absolute Gasteiger partial charge is 0.266 e. The van der Waals surface area contributed by atoms with Crippen molar-refractivity contribution in [2.24, 2.45) is 0 Å². The number of para-hydroxylation sites is 1. The van der Waals surface area contributed by atoms with E-state index in [9.17, 15) is 4.79 Å². The van der Waals surface area contributed by atoms with Crippen LogP contribution in [0.25, 0.3) is 28.9 Å². The maximum absolute atomic E-state index is 13.4. The molecule has 1 aliphatic carbocycles. The topological polar surface area (TPSA) is 52.8 Å². The Morgan fingerprint density at radius 3 is 2.52 bits per heavy atom. The molecule has 0 saturated heterocycles. The van der Waals surface area contributed by atoms with Crippen LogP contribution in [0.2, 0.25) is 0 Å². The molecule has 0 radical (unpaired) electrons. The predicted octanol–water partition coefficient (Wildman–Crippen LogP) is 5.86. The maximum atomic E-state index is 13.4. The summed E-state index contributed by atoms with van der Waals surface area (Å²) in [6.45, 7) is 0. The molecule has 0 aliphatic heterocycles. The molecule has 0 bridgehead atoms. The van der Waals surface area contributed by atoms with Crippen molar-refractivity contribution >= 4 is 17.8 Å². The molecule has 1 aliphatic rings. The Morgan fingerprint density at radius 1 is 0.939 bits per heavy atom. The molecule has 0 atom stereocenters. The number of rotatable bonds is 6. The predicted molar refractivity (Wildman–Crippen MR) is 132 cm³/mol. The quantitative estimate of drug-likeness (QED) is 0.378. The van der Waals surface area contributed by atoms with Crippen molar-refractivity contribution < 1.29 is 9.47 Å². The zero-order valence-electron chi connectivity index (χ0n) is 18.6. The van der Waals surface area contributed by atoms with Gasteiger partial charge in [0.05, 0.1) is 24.5 Å². The normalized spacial score (nSPS) is 14.2. The van der Waals surface area contributed by atoms with Crippen LogP contribution in [0.15, 0.2) is 77.7 Å². The Labute approximate surface area is 193 Å². The number of ether oxygens (including phenoxy) is 2. The van der Waals surface area contributed by atoms with E-state index in [2.05, 4.69) is 0 Å². The van der Waals surface area contributed by atoms with Crippen molar-refractivity contribution in [3.63, 3.8) is 0 Å². The summed E-state index contributed by atoms with van der Waals surface area (Å²) in [5, 5.41) is 0. The van der Waals surface area contributed by atoms with Crippen molar-refractivity contribution in [3.8, 4) is 22.6 Å². The zero-order valence-corrected chi connectivity index (χ0v) is 18.6. The van der Waals surface area contributed by atoms with Crippen LogP contribution in [0.3, 0.4) is 0 Å². The van der Waals surface area contributed by atoms with Crippen LogP contribution in [0, 0.1) is 0 Å². The van der Waals surface area contributed by atoms with Gasteiger partial charge in [-0.1, -0.05) is 48.5 Å². The highest BCUT2D eigenvalue weighted by molar-refractivity contribution is 5.81. The molecule has 4 aromatic rings. The highest BCUT2D eigenvalue weighted by Gasteiger charge is 2.20. The maximum Gasteiger partial charge on any atom is 0.266 e. The molecule has 2 aromatic carbocycles. The van der Waals surface area contributed by atoms with Gasteiger partial charge in [-0.15, -0.1) is 0 Å². The first-order valence-corrected chi connectivity index (χ1v) is 11.3. The summed E-state index contributed by atoms with van der Waals surface area (Å²) in [5.74, 6) is 1.45. The standard InChI is InChI=1S/C28H26N2O3/c1-32-24-15-9-12-21(27(24)33-22-13-5-6-14-22)17-18-23-26(20-10-3-2-4-11-20)28(31)30-19-8-7-16-25(30)29-23/h2-4,7-12,15-19,22H,5-6,13-14H2,1H3/b18-17+. The highest BCUT2D eigenvalue weighted by atomic mass is 16.5. The van der Waals surface area contributed by atoms with Gasteiger partial charge in [0.2, 0.25) is 0 Å². The van der Waals surface area contributed by atoms with Gasteiger partial charge < -0.3 is 9.47 Å². The van der Waals surface area contributed by atoms with Gasteiger partial charge in [0.25, 0.3) is 5.56 Å². The first kappa shape index (κ1) is 21.0. The Morgan fingerprint density at radius 2 is 1.73 bits per heavy atom. The Hall–Kier alpha value is -3.86. The number of pyridine rings is 1. The van der Waals surface area contributed by atoms with Crippen molar-refractivity contribution in [3.05, 3.63) is 94.5 Å². The lowest BCUT2D eigenvalue weighted by atomic mass is 10.0. The lowest BCUT2D eigenvalue weighted by molar-refractivity contribution is 0.200. The van der Waals surface area contributed by atoms with Crippen molar-refractivity contribution in [1.82, 2.24) is 9.38 Å². The monoisotopic (exact) mass is 438 g/mol. The molecule has 0 N–H and O–H groups in total. The summed E-state index contributed by atoms with van der Waals surface area (Å²) in [7, 11) is 1.66. The number of nitrogens with zero attached hydrogens (tertiary/aromatic N) is 2. The van der Waals surface area contributed by atoms with Gasteiger partial charge in [0.15, 0.2) is 11.5 Å². The summed E-state index contributed by atoms with van der Waals surface area (Å²) in [5.41, 5.74) is 3.43. The molecule has 2 aromatic heterocycles. The number of hydrogen-bond acceptors (Lipinski definition) is 4. The van der Waals surface area contributed by atoms with E-state index < -0.39 is 0 Å². The van der Waals surface area contributed by atoms with E-state index in [1.54, 1.807) is 17.7 Å². The van der Waals surface area contributed by atoms with E-state index >= 15 is 0 Å². The summed E-state index contributed by atoms with van der Waals surface area (Å²) >= 11 is 0. The molecule has 2 heterocycles. The summed E-state index contributed by atoms with van der Waals surface area (Å²) in [6.07, 6.45) is 10.3. The van der Waals surface area contributed by atoms with Crippen LogP contribution in [-0.2, 0) is 0 Å². The molecule has 5 heteroatoms. The largest absolute Gasteiger partial charge is 0.493 e. The number of aromatic nitrogens is 2. The van der Waals surface area contributed by atoms with Gasteiger partial charge in [-0.05, 0) is 61.6 Å². The lowest BCUT2D eigenvalue weighted by Gasteiger charge is -2.18. The summed E-state index contributed by atoms with van der Waals surface area (Å²) in [4.78, 5) is 18.2. The fourth-order valence-electron chi connectivity index (χ4n) is 4.40. The van der Waals surface area contributed by atoms with Crippen LogP contribution >= 0.6 is 0 Å². The molecule has 33 heavy (non-hydrogen) atoms. The Balaban J connectivity index is 1.63. The van der Waals surface area contributed by atoms with Gasteiger partial charge in [0.1, 0.15) is 5.65 Å². The first-order valence-electron chi connectivity index (χ1n) is 11.3. The minimum atomic E-state index is -0.0977. The minimum absolute atomic E-state index is 0.0977.